The third-order valence-corrected chi connectivity index (χ3v) is 3.22. The molecule has 0 bridgehead atoms. The van der Waals surface area contributed by atoms with Gasteiger partial charge < -0.3 is 14.8 Å². The fraction of sp³-hybridized carbons (Fsp3) is 1.00. The van der Waals surface area contributed by atoms with Crippen molar-refractivity contribution in [3.8, 4) is 0 Å². The van der Waals surface area contributed by atoms with Gasteiger partial charge in [-0.05, 0) is 19.4 Å². The molecule has 0 radical (unpaired) electrons. The van der Waals surface area contributed by atoms with Crippen molar-refractivity contribution in [2.45, 2.75) is 38.8 Å². The van der Waals surface area contributed by atoms with E-state index in [-0.39, 0.29) is 0 Å². The number of ether oxygens (including phenoxy) is 2. The third kappa shape index (κ3) is 6.36. The number of likely N-dealkylation sites (tertiary alicyclic amines) is 1. The predicted molar refractivity (Wildman–Crippen MR) is 70.4 cm³/mol. The van der Waals surface area contributed by atoms with Crippen LogP contribution in [0, 0.1) is 0 Å². The van der Waals surface area contributed by atoms with Crippen LogP contribution in [0.2, 0.25) is 0 Å². The van der Waals surface area contributed by atoms with Crippen molar-refractivity contribution in [3.63, 3.8) is 0 Å². The lowest BCUT2D eigenvalue weighted by atomic mass is 10.2. The largest absolute Gasteiger partial charge is 0.382 e. The Bertz CT molecular complexity index is 188. The van der Waals surface area contributed by atoms with E-state index in [9.17, 15) is 0 Å². The number of hydrogen-bond acceptors (Lipinski definition) is 4. The summed E-state index contributed by atoms with van der Waals surface area (Å²) in [6, 6.07) is 1.28. The zero-order valence-electron chi connectivity index (χ0n) is 11.6. The third-order valence-electron chi connectivity index (χ3n) is 3.22. The van der Waals surface area contributed by atoms with E-state index in [0.29, 0.717) is 25.3 Å². The molecule has 0 aromatic heterocycles. The maximum Gasteiger partial charge on any atom is 0.0700 e. The lowest BCUT2D eigenvalue weighted by Gasteiger charge is -2.25. The Labute approximate surface area is 106 Å². The van der Waals surface area contributed by atoms with Crippen molar-refractivity contribution < 1.29 is 9.47 Å². The van der Waals surface area contributed by atoms with Crippen LogP contribution in [0.3, 0.4) is 0 Å². The molecule has 0 aromatic rings. The SMILES string of the molecule is COCCOCCN1CCCC1CNC(C)C. The van der Waals surface area contributed by atoms with Gasteiger partial charge in [-0.2, -0.15) is 0 Å². The Morgan fingerprint density at radius 3 is 2.82 bits per heavy atom. The molecule has 1 heterocycles. The van der Waals surface area contributed by atoms with Gasteiger partial charge in [-0.3, -0.25) is 4.90 Å². The monoisotopic (exact) mass is 244 g/mol. The van der Waals surface area contributed by atoms with Crippen LogP contribution < -0.4 is 5.32 Å². The van der Waals surface area contributed by atoms with E-state index in [1.807, 2.05) is 0 Å². The number of hydrogen-bond donors (Lipinski definition) is 1. The molecule has 102 valence electrons. The molecular weight excluding hydrogens is 216 g/mol. The summed E-state index contributed by atoms with van der Waals surface area (Å²) in [7, 11) is 1.71. The van der Waals surface area contributed by atoms with Crippen molar-refractivity contribution in [1.82, 2.24) is 10.2 Å². The molecule has 1 rings (SSSR count). The first-order valence-corrected chi connectivity index (χ1v) is 6.78. The van der Waals surface area contributed by atoms with Gasteiger partial charge in [0.15, 0.2) is 0 Å². The molecular formula is C13H28N2O2. The maximum absolute atomic E-state index is 5.52. The van der Waals surface area contributed by atoms with Crippen LogP contribution in [0.5, 0.6) is 0 Å². The van der Waals surface area contributed by atoms with E-state index in [1.165, 1.54) is 19.4 Å². The zero-order valence-corrected chi connectivity index (χ0v) is 11.6. The first-order valence-electron chi connectivity index (χ1n) is 6.78. The smallest absolute Gasteiger partial charge is 0.0700 e. The highest BCUT2D eigenvalue weighted by molar-refractivity contribution is 4.81. The molecule has 17 heavy (non-hydrogen) atoms. The van der Waals surface area contributed by atoms with E-state index in [0.717, 1.165) is 19.7 Å². The number of rotatable bonds is 9. The number of methoxy groups -OCH3 is 1. The summed E-state index contributed by atoms with van der Waals surface area (Å²) < 4.78 is 10.5. The Kier molecular flexibility index (Phi) is 7.77. The van der Waals surface area contributed by atoms with E-state index in [4.69, 9.17) is 9.47 Å². The van der Waals surface area contributed by atoms with Crippen molar-refractivity contribution in [2.75, 3.05) is 46.6 Å². The fourth-order valence-electron chi connectivity index (χ4n) is 2.22. The molecule has 0 saturated carbocycles. The summed E-state index contributed by atoms with van der Waals surface area (Å²) in [6.07, 6.45) is 2.64. The fourth-order valence-corrected chi connectivity index (χ4v) is 2.22. The summed E-state index contributed by atoms with van der Waals surface area (Å²) in [5.41, 5.74) is 0. The van der Waals surface area contributed by atoms with Crippen LogP contribution in [0.1, 0.15) is 26.7 Å². The highest BCUT2D eigenvalue weighted by atomic mass is 16.5. The van der Waals surface area contributed by atoms with E-state index in [1.54, 1.807) is 7.11 Å². The summed E-state index contributed by atoms with van der Waals surface area (Å²) in [5, 5.41) is 3.53. The summed E-state index contributed by atoms with van der Waals surface area (Å²) in [4.78, 5) is 2.54. The minimum Gasteiger partial charge on any atom is -0.382 e. The zero-order chi connectivity index (χ0) is 12.5. The topological polar surface area (TPSA) is 33.7 Å². The highest BCUT2D eigenvalue weighted by Crippen LogP contribution is 2.15. The quantitative estimate of drug-likeness (QED) is 0.616. The standard InChI is InChI=1S/C13H28N2O2/c1-12(2)14-11-13-5-4-6-15(13)7-8-17-10-9-16-3/h12-14H,4-11H2,1-3H3. The molecule has 1 N–H and O–H groups in total. The second-order valence-electron chi connectivity index (χ2n) is 5.00. The van der Waals surface area contributed by atoms with E-state index >= 15 is 0 Å². The molecule has 4 heteroatoms. The Hall–Kier alpha value is -0.160. The van der Waals surface area contributed by atoms with Crippen molar-refractivity contribution >= 4 is 0 Å². The lowest BCUT2D eigenvalue weighted by molar-refractivity contribution is 0.0551. The van der Waals surface area contributed by atoms with Crippen LogP contribution in [0.25, 0.3) is 0 Å². The van der Waals surface area contributed by atoms with Crippen LogP contribution in [0.15, 0.2) is 0 Å². The summed E-state index contributed by atoms with van der Waals surface area (Å²) in [6.45, 7) is 10.0. The summed E-state index contributed by atoms with van der Waals surface area (Å²) in [5.74, 6) is 0. The maximum atomic E-state index is 5.52. The van der Waals surface area contributed by atoms with Crippen molar-refractivity contribution in [3.05, 3.63) is 0 Å². The molecule has 0 aliphatic carbocycles. The van der Waals surface area contributed by atoms with Gasteiger partial charge in [-0.25, -0.2) is 0 Å². The molecule has 0 amide bonds. The summed E-state index contributed by atoms with van der Waals surface area (Å²) >= 11 is 0. The molecule has 1 saturated heterocycles. The average Bonchev–Trinajstić information content (AvgIpc) is 2.73. The highest BCUT2D eigenvalue weighted by Gasteiger charge is 2.23. The molecule has 1 atom stereocenters. The Morgan fingerprint density at radius 2 is 2.12 bits per heavy atom. The van der Waals surface area contributed by atoms with Crippen molar-refractivity contribution in [1.29, 1.82) is 0 Å². The minimum absolute atomic E-state index is 0.579. The molecule has 1 unspecified atom stereocenters. The van der Waals surface area contributed by atoms with Crippen LogP contribution in [0.4, 0.5) is 0 Å². The second-order valence-corrected chi connectivity index (χ2v) is 5.00. The Morgan fingerprint density at radius 1 is 1.29 bits per heavy atom. The van der Waals surface area contributed by atoms with E-state index < -0.39 is 0 Å². The molecule has 0 aromatic carbocycles. The van der Waals surface area contributed by atoms with Crippen molar-refractivity contribution in [2.24, 2.45) is 0 Å². The van der Waals surface area contributed by atoms with Gasteiger partial charge in [0, 0.05) is 32.3 Å². The molecule has 4 nitrogen and oxygen atoms in total. The van der Waals surface area contributed by atoms with Gasteiger partial charge in [0.25, 0.3) is 0 Å². The van der Waals surface area contributed by atoms with E-state index in [2.05, 4.69) is 24.1 Å². The van der Waals surface area contributed by atoms with Crippen LogP contribution in [-0.4, -0.2) is 63.5 Å². The average molecular weight is 244 g/mol. The Balaban J connectivity index is 2.09. The van der Waals surface area contributed by atoms with Crippen LogP contribution >= 0.6 is 0 Å². The molecule has 1 aliphatic rings. The molecule has 1 fully saturated rings. The van der Waals surface area contributed by atoms with Gasteiger partial charge >= 0.3 is 0 Å². The predicted octanol–water partition coefficient (Wildman–Crippen LogP) is 1.11. The number of nitrogens with zero attached hydrogens (tertiary/aromatic N) is 1. The van der Waals surface area contributed by atoms with Gasteiger partial charge in [-0.15, -0.1) is 0 Å². The normalized spacial score (nSPS) is 21.5. The van der Waals surface area contributed by atoms with Gasteiger partial charge in [0.1, 0.15) is 0 Å². The first-order chi connectivity index (χ1) is 8.24. The molecule has 1 aliphatic heterocycles. The number of nitrogens with one attached hydrogen (secondary N) is 1. The van der Waals surface area contributed by atoms with Gasteiger partial charge in [-0.1, -0.05) is 13.8 Å². The molecule has 0 spiro atoms. The first kappa shape index (κ1) is 14.9. The second kappa shape index (κ2) is 8.86. The minimum atomic E-state index is 0.579. The van der Waals surface area contributed by atoms with Crippen LogP contribution in [-0.2, 0) is 9.47 Å². The van der Waals surface area contributed by atoms with Gasteiger partial charge in [0.05, 0.1) is 19.8 Å². The lowest BCUT2D eigenvalue weighted by Crippen LogP contribution is -2.41. The van der Waals surface area contributed by atoms with Gasteiger partial charge in [0.2, 0.25) is 0 Å².